The standard InChI is InChI=1S/C17H29N3O/c1-5-14-12-15(18-6-2)20-16(19-14)17(21-7-3)10-8-13(4)9-11-17/h12-13H,5-11H2,1-4H3,(H,18,19,20). The highest BCUT2D eigenvalue weighted by molar-refractivity contribution is 5.37. The Morgan fingerprint density at radius 1 is 1.24 bits per heavy atom. The van der Waals surface area contributed by atoms with Crippen LogP contribution in [0.3, 0.4) is 0 Å². The number of nitrogens with one attached hydrogen (secondary N) is 1. The first kappa shape index (κ1) is 16.2. The molecule has 2 rings (SSSR count). The van der Waals surface area contributed by atoms with E-state index in [9.17, 15) is 0 Å². The van der Waals surface area contributed by atoms with Crippen molar-refractivity contribution in [2.24, 2.45) is 5.92 Å². The number of anilines is 1. The van der Waals surface area contributed by atoms with Crippen LogP contribution in [0.15, 0.2) is 6.07 Å². The Bertz CT molecular complexity index is 453. The van der Waals surface area contributed by atoms with E-state index in [0.717, 1.165) is 49.1 Å². The second kappa shape index (κ2) is 7.21. The number of aryl methyl sites for hydroxylation is 1. The summed E-state index contributed by atoms with van der Waals surface area (Å²) in [6.07, 6.45) is 5.36. The molecule has 1 heterocycles. The molecule has 1 aliphatic rings. The lowest BCUT2D eigenvalue weighted by molar-refractivity contribution is -0.0837. The number of hydrogen-bond acceptors (Lipinski definition) is 4. The van der Waals surface area contributed by atoms with Crippen LogP contribution in [0, 0.1) is 5.92 Å². The molecule has 21 heavy (non-hydrogen) atoms. The predicted molar refractivity (Wildman–Crippen MR) is 86.5 cm³/mol. The zero-order valence-electron chi connectivity index (χ0n) is 13.9. The van der Waals surface area contributed by atoms with Gasteiger partial charge in [-0.25, -0.2) is 9.97 Å². The highest BCUT2D eigenvalue weighted by Gasteiger charge is 2.39. The number of ether oxygens (including phenoxy) is 1. The molecule has 0 saturated heterocycles. The molecule has 0 atom stereocenters. The first-order valence-corrected chi connectivity index (χ1v) is 8.39. The molecule has 4 heteroatoms. The Kier molecular flexibility index (Phi) is 5.57. The Labute approximate surface area is 128 Å². The summed E-state index contributed by atoms with van der Waals surface area (Å²) in [5.41, 5.74) is 0.810. The Balaban J connectivity index is 2.36. The van der Waals surface area contributed by atoms with Gasteiger partial charge in [0, 0.05) is 24.9 Å². The van der Waals surface area contributed by atoms with Gasteiger partial charge in [0.25, 0.3) is 0 Å². The normalized spacial score (nSPS) is 25.8. The highest BCUT2D eigenvalue weighted by atomic mass is 16.5. The molecule has 1 aromatic rings. The minimum absolute atomic E-state index is 0.281. The molecule has 1 aromatic heterocycles. The van der Waals surface area contributed by atoms with Gasteiger partial charge in [-0.05, 0) is 51.9 Å². The average Bonchev–Trinajstić information content (AvgIpc) is 2.50. The Morgan fingerprint density at radius 2 is 1.95 bits per heavy atom. The summed E-state index contributed by atoms with van der Waals surface area (Å²) in [5.74, 6) is 2.59. The van der Waals surface area contributed by atoms with Gasteiger partial charge in [0.15, 0.2) is 5.82 Å². The third-order valence-electron chi connectivity index (χ3n) is 4.41. The monoisotopic (exact) mass is 291 g/mol. The van der Waals surface area contributed by atoms with Gasteiger partial charge in [-0.2, -0.15) is 0 Å². The predicted octanol–water partition coefficient (Wildman–Crippen LogP) is 3.91. The SMILES string of the molecule is CCNc1cc(CC)nc(C2(OCC)CCC(C)CC2)n1. The molecule has 1 aliphatic carbocycles. The van der Waals surface area contributed by atoms with Crippen molar-refractivity contribution in [3.8, 4) is 0 Å². The van der Waals surface area contributed by atoms with Crippen molar-refractivity contribution in [1.29, 1.82) is 0 Å². The zero-order valence-corrected chi connectivity index (χ0v) is 13.9. The van der Waals surface area contributed by atoms with E-state index in [1.165, 1.54) is 12.8 Å². The molecule has 118 valence electrons. The van der Waals surface area contributed by atoms with Gasteiger partial charge in [0.2, 0.25) is 0 Å². The molecule has 1 saturated carbocycles. The van der Waals surface area contributed by atoms with Crippen LogP contribution in [0.1, 0.15) is 64.9 Å². The fourth-order valence-electron chi connectivity index (χ4n) is 3.09. The van der Waals surface area contributed by atoms with E-state index in [-0.39, 0.29) is 5.60 Å². The highest BCUT2D eigenvalue weighted by Crippen LogP contribution is 2.41. The topological polar surface area (TPSA) is 47.0 Å². The van der Waals surface area contributed by atoms with Crippen LogP contribution in [0.4, 0.5) is 5.82 Å². The van der Waals surface area contributed by atoms with Crippen LogP contribution in [-0.2, 0) is 16.8 Å². The molecular weight excluding hydrogens is 262 g/mol. The molecule has 0 unspecified atom stereocenters. The third-order valence-corrected chi connectivity index (χ3v) is 4.41. The van der Waals surface area contributed by atoms with E-state index in [1.54, 1.807) is 0 Å². The lowest BCUT2D eigenvalue weighted by atomic mass is 9.78. The maximum Gasteiger partial charge on any atom is 0.162 e. The summed E-state index contributed by atoms with van der Waals surface area (Å²) in [7, 11) is 0. The quantitative estimate of drug-likeness (QED) is 0.863. The maximum absolute atomic E-state index is 6.18. The van der Waals surface area contributed by atoms with Crippen molar-refractivity contribution >= 4 is 5.82 Å². The summed E-state index contributed by atoms with van der Waals surface area (Å²) in [5, 5.41) is 3.32. The zero-order chi connectivity index (χ0) is 15.3. The third kappa shape index (κ3) is 3.73. The average molecular weight is 291 g/mol. The molecule has 1 fully saturated rings. The lowest BCUT2D eigenvalue weighted by Crippen LogP contribution is -2.36. The van der Waals surface area contributed by atoms with E-state index in [2.05, 4.69) is 39.1 Å². The van der Waals surface area contributed by atoms with Gasteiger partial charge in [-0.15, -0.1) is 0 Å². The maximum atomic E-state index is 6.18. The minimum atomic E-state index is -0.281. The second-order valence-electron chi connectivity index (χ2n) is 6.06. The molecule has 0 spiro atoms. The van der Waals surface area contributed by atoms with Gasteiger partial charge in [0.1, 0.15) is 11.4 Å². The molecule has 0 aliphatic heterocycles. The van der Waals surface area contributed by atoms with Gasteiger partial charge < -0.3 is 10.1 Å². The summed E-state index contributed by atoms with van der Waals surface area (Å²) in [4.78, 5) is 9.56. The summed E-state index contributed by atoms with van der Waals surface area (Å²) in [6, 6.07) is 2.05. The van der Waals surface area contributed by atoms with Gasteiger partial charge >= 0.3 is 0 Å². The van der Waals surface area contributed by atoms with Crippen LogP contribution in [0.25, 0.3) is 0 Å². The van der Waals surface area contributed by atoms with Crippen LogP contribution < -0.4 is 5.32 Å². The number of hydrogen-bond donors (Lipinski definition) is 1. The van der Waals surface area contributed by atoms with Crippen molar-refractivity contribution in [2.45, 2.75) is 65.4 Å². The molecule has 1 N–H and O–H groups in total. The van der Waals surface area contributed by atoms with Crippen molar-refractivity contribution < 1.29 is 4.74 Å². The van der Waals surface area contributed by atoms with Crippen molar-refractivity contribution in [1.82, 2.24) is 9.97 Å². The Morgan fingerprint density at radius 3 is 2.52 bits per heavy atom. The van der Waals surface area contributed by atoms with Gasteiger partial charge in [-0.1, -0.05) is 13.8 Å². The summed E-state index contributed by atoms with van der Waals surface area (Å²) in [6.45, 7) is 10.2. The molecule has 4 nitrogen and oxygen atoms in total. The number of nitrogens with zero attached hydrogens (tertiary/aromatic N) is 2. The minimum Gasteiger partial charge on any atom is -0.370 e. The van der Waals surface area contributed by atoms with Crippen molar-refractivity contribution in [2.75, 3.05) is 18.5 Å². The van der Waals surface area contributed by atoms with Crippen LogP contribution in [0.2, 0.25) is 0 Å². The van der Waals surface area contributed by atoms with Crippen LogP contribution in [-0.4, -0.2) is 23.1 Å². The van der Waals surface area contributed by atoms with Gasteiger partial charge in [-0.3, -0.25) is 0 Å². The molecule has 0 radical (unpaired) electrons. The Hall–Kier alpha value is -1.16. The largest absolute Gasteiger partial charge is 0.370 e. The number of rotatable bonds is 6. The van der Waals surface area contributed by atoms with Crippen molar-refractivity contribution in [3.63, 3.8) is 0 Å². The van der Waals surface area contributed by atoms with Crippen LogP contribution in [0.5, 0.6) is 0 Å². The molecule has 0 aromatic carbocycles. The fraction of sp³-hybridized carbons (Fsp3) is 0.765. The first-order chi connectivity index (χ1) is 10.1. The van der Waals surface area contributed by atoms with Crippen LogP contribution >= 0.6 is 0 Å². The second-order valence-corrected chi connectivity index (χ2v) is 6.06. The summed E-state index contributed by atoms with van der Waals surface area (Å²) < 4.78 is 6.18. The molecular formula is C17H29N3O. The van der Waals surface area contributed by atoms with E-state index in [0.29, 0.717) is 6.61 Å². The van der Waals surface area contributed by atoms with E-state index in [1.807, 2.05) is 0 Å². The van der Waals surface area contributed by atoms with E-state index < -0.39 is 0 Å². The summed E-state index contributed by atoms with van der Waals surface area (Å²) >= 11 is 0. The van der Waals surface area contributed by atoms with Crippen molar-refractivity contribution in [3.05, 3.63) is 17.6 Å². The van der Waals surface area contributed by atoms with Gasteiger partial charge in [0.05, 0.1) is 0 Å². The fourth-order valence-corrected chi connectivity index (χ4v) is 3.09. The molecule has 0 bridgehead atoms. The smallest absolute Gasteiger partial charge is 0.162 e. The van der Waals surface area contributed by atoms with E-state index in [4.69, 9.17) is 14.7 Å². The number of aromatic nitrogens is 2. The molecule has 0 amide bonds. The first-order valence-electron chi connectivity index (χ1n) is 8.39. The van der Waals surface area contributed by atoms with E-state index >= 15 is 0 Å². The lowest BCUT2D eigenvalue weighted by Gasteiger charge is -2.38.